The standard InChI is InChI=1S/C16H16ClNO/c1-12-5-4-6-13(9-12)11-18-16(19)10-14-7-2-3-8-15(14)17/h2-9H,10-11H2,1H3,(H,18,19). The monoisotopic (exact) mass is 273 g/mol. The Balaban J connectivity index is 1.90. The maximum atomic E-state index is 11.9. The molecule has 0 aliphatic rings. The Hall–Kier alpha value is -1.80. The molecule has 0 bridgehead atoms. The average Bonchev–Trinajstić information content (AvgIpc) is 2.39. The molecule has 2 aromatic rings. The van der Waals surface area contributed by atoms with Crippen LogP contribution >= 0.6 is 11.6 Å². The fourth-order valence-corrected chi connectivity index (χ4v) is 2.10. The largest absolute Gasteiger partial charge is 0.352 e. The van der Waals surface area contributed by atoms with Gasteiger partial charge in [-0.2, -0.15) is 0 Å². The molecular weight excluding hydrogens is 258 g/mol. The van der Waals surface area contributed by atoms with Crippen LogP contribution in [-0.4, -0.2) is 5.91 Å². The van der Waals surface area contributed by atoms with E-state index in [2.05, 4.69) is 11.4 Å². The van der Waals surface area contributed by atoms with E-state index in [0.717, 1.165) is 11.1 Å². The lowest BCUT2D eigenvalue weighted by Gasteiger charge is -2.07. The number of halogens is 1. The van der Waals surface area contributed by atoms with Crippen molar-refractivity contribution in [3.63, 3.8) is 0 Å². The lowest BCUT2D eigenvalue weighted by molar-refractivity contribution is -0.120. The van der Waals surface area contributed by atoms with Gasteiger partial charge in [0.2, 0.25) is 5.91 Å². The molecule has 0 atom stereocenters. The molecule has 2 aromatic carbocycles. The maximum absolute atomic E-state index is 11.9. The van der Waals surface area contributed by atoms with Gasteiger partial charge in [0.15, 0.2) is 0 Å². The highest BCUT2D eigenvalue weighted by Crippen LogP contribution is 2.15. The number of hydrogen-bond acceptors (Lipinski definition) is 1. The molecule has 0 aliphatic heterocycles. The molecule has 98 valence electrons. The molecule has 0 unspecified atom stereocenters. The Kier molecular flexibility index (Phi) is 4.58. The van der Waals surface area contributed by atoms with Gasteiger partial charge in [-0.15, -0.1) is 0 Å². The normalized spacial score (nSPS) is 10.2. The van der Waals surface area contributed by atoms with Crippen molar-refractivity contribution >= 4 is 17.5 Å². The van der Waals surface area contributed by atoms with E-state index in [4.69, 9.17) is 11.6 Å². The van der Waals surface area contributed by atoms with Crippen LogP contribution in [-0.2, 0) is 17.8 Å². The summed E-state index contributed by atoms with van der Waals surface area (Å²) in [5.74, 6) is -0.0189. The molecular formula is C16H16ClNO. The Morgan fingerprint density at radius 2 is 1.95 bits per heavy atom. The summed E-state index contributed by atoms with van der Waals surface area (Å²) in [6, 6.07) is 15.5. The molecule has 0 aromatic heterocycles. The van der Waals surface area contributed by atoms with Gasteiger partial charge >= 0.3 is 0 Å². The van der Waals surface area contributed by atoms with Gasteiger partial charge in [-0.25, -0.2) is 0 Å². The highest BCUT2D eigenvalue weighted by molar-refractivity contribution is 6.31. The van der Waals surface area contributed by atoms with Crippen molar-refractivity contribution in [1.29, 1.82) is 0 Å². The number of nitrogens with one attached hydrogen (secondary N) is 1. The van der Waals surface area contributed by atoms with Gasteiger partial charge in [-0.3, -0.25) is 4.79 Å². The first kappa shape index (κ1) is 13.6. The van der Waals surface area contributed by atoms with E-state index in [1.54, 1.807) is 6.07 Å². The maximum Gasteiger partial charge on any atom is 0.224 e. The number of aryl methyl sites for hydroxylation is 1. The van der Waals surface area contributed by atoms with Crippen LogP contribution in [0.3, 0.4) is 0 Å². The highest BCUT2D eigenvalue weighted by atomic mass is 35.5. The minimum atomic E-state index is -0.0189. The summed E-state index contributed by atoms with van der Waals surface area (Å²) in [5, 5.41) is 3.54. The summed E-state index contributed by atoms with van der Waals surface area (Å²) in [6.07, 6.45) is 0.311. The molecule has 0 saturated carbocycles. The zero-order chi connectivity index (χ0) is 13.7. The topological polar surface area (TPSA) is 29.1 Å². The van der Waals surface area contributed by atoms with E-state index in [1.807, 2.05) is 43.3 Å². The van der Waals surface area contributed by atoms with Gasteiger partial charge in [0.1, 0.15) is 0 Å². The van der Waals surface area contributed by atoms with Crippen LogP contribution in [0.2, 0.25) is 5.02 Å². The lowest BCUT2D eigenvalue weighted by atomic mass is 10.1. The summed E-state index contributed by atoms with van der Waals surface area (Å²) in [4.78, 5) is 11.9. The SMILES string of the molecule is Cc1cccc(CNC(=O)Cc2ccccc2Cl)c1. The van der Waals surface area contributed by atoms with E-state index in [0.29, 0.717) is 18.0 Å². The van der Waals surface area contributed by atoms with E-state index >= 15 is 0 Å². The van der Waals surface area contributed by atoms with Crippen molar-refractivity contribution in [3.8, 4) is 0 Å². The van der Waals surface area contributed by atoms with Crippen LogP contribution in [0, 0.1) is 6.92 Å². The van der Waals surface area contributed by atoms with Crippen molar-refractivity contribution in [2.45, 2.75) is 19.9 Å². The number of rotatable bonds is 4. The van der Waals surface area contributed by atoms with Crippen LogP contribution in [0.1, 0.15) is 16.7 Å². The van der Waals surface area contributed by atoms with Crippen LogP contribution < -0.4 is 5.32 Å². The molecule has 0 saturated heterocycles. The van der Waals surface area contributed by atoms with Gasteiger partial charge in [0.25, 0.3) is 0 Å². The zero-order valence-electron chi connectivity index (χ0n) is 10.8. The number of benzene rings is 2. The van der Waals surface area contributed by atoms with E-state index in [-0.39, 0.29) is 5.91 Å². The predicted octanol–water partition coefficient (Wildman–Crippen LogP) is 3.51. The Morgan fingerprint density at radius 3 is 2.68 bits per heavy atom. The first-order chi connectivity index (χ1) is 9.15. The number of hydrogen-bond donors (Lipinski definition) is 1. The second-order valence-electron chi connectivity index (χ2n) is 4.53. The van der Waals surface area contributed by atoms with Gasteiger partial charge in [0.05, 0.1) is 6.42 Å². The molecule has 2 rings (SSSR count). The van der Waals surface area contributed by atoms with Crippen LogP contribution in [0.25, 0.3) is 0 Å². The van der Waals surface area contributed by atoms with E-state index in [1.165, 1.54) is 5.56 Å². The molecule has 0 heterocycles. The summed E-state index contributed by atoms with van der Waals surface area (Å²) >= 11 is 6.03. The van der Waals surface area contributed by atoms with Crippen molar-refractivity contribution < 1.29 is 4.79 Å². The van der Waals surface area contributed by atoms with Crippen molar-refractivity contribution in [3.05, 3.63) is 70.2 Å². The molecule has 1 N–H and O–H groups in total. The molecule has 0 radical (unpaired) electrons. The predicted molar refractivity (Wildman–Crippen MR) is 78.2 cm³/mol. The smallest absolute Gasteiger partial charge is 0.224 e. The molecule has 19 heavy (non-hydrogen) atoms. The third kappa shape index (κ3) is 4.11. The molecule has 2 nitrogen and oxygen atoms in total. The third-order valence-corrected chi connectivity index (χ3v) is 3.25. The summed E-state index contributed by atoms with van der Waals surface area (Å²) in [5.41, 5.74) is 3.15. The zero-order valence-corrected chi connectivity index (χ0v) is 11.6. The Morgan fingerprint density at radius 1 is 1.16 bits per heavy atom. The molecule has 0 spiro atoms. The lowest BCUT2D eigenvalue weighted by Crippen LogP contribution is -2.24. The second kappa shape index (κ2) is 6.39. The number of carbonyl (C=O) groups is 1. The average molecular weight is 274 g/mol. The van der Waals surface area contributed by atoms with Crippen molar-refractivity contribution in [2.24, 2.45) is 0 Å². The summed E-state index contributed by atoms with van der Waals surface area (Å²) in [6.45, 7) is 2.58. The first-order valence-corrected chi connectivity index (χ1v) is 6.58. The quantitative estimate of drug-likeness (QED) is 0.907. The number of carbonyl (C=O) groups excluding carboxylic acids is 1. The first-order valence-electron chi connectivity index (χ1n) is 6.21. The summed E-state index contributed by atoms with van der Waals surface area (Å²) < 4.78 is 0. The van der Waals surface area contributed by atoms with E-state index < -0.39 is 0 Å². The molecule has 3 heteroatoms. The molecule has 0 aliphatic carbocycles. The van der Waals surface area contributed by atoms with Crippen LogP contribution in [0.4, 0.5) is 0 Å². The van der Waals surface area contributed by atoms with Crippen LogP contribution in [0.15, 0.2) is 48.5 Å². The minimum absolute atomic E-state index is 0.0189. The fraction of sp³-hybridized carbons (Fsp3) is 0.188. The minimum Gasteiger partial charge on any atom is -0.352 e. The Bertz CT molecular complexity index is 580. The van der Waals surface area contributed by atoms with Gasteiger partial charge < -0.3 is 5.32 Å². The third-order valence-electron chi connectivity index (χ3n) is 2.88. The Labute approximate surface area is 118 Å². The summed E-state index contributed by atoms with van der Waals surface area (Å²) in [7, 11) is 0. The van der Waals surface area contributed by atoms with Gasteiger partial charge in [-0.05, 0) is 24.1 Å². The van der Waals surface area contributed by atoms with Crippen LogP contribution in [0.5, 0.6) is 0 Å². The molecule has 0 fully saturated rings. The number of amides is 1. The highest BCUT2D eigenvalue weighted by Gasteiger charge is 2.06. The van der Waals surface area contributed by atoms with E-state index in [9.17, 15) is 4.79 Å². The van der Waals surface area contributed by atoms with Gasteiger partial charge in [-0.1, -0.05) is 59.6 Å². The van der Waals surface area contributed by atoms with Crippen molar-refractivity contribution in [1.82, 2.24) is 5.32 Å². The second-order valence-corrected chi connectivity index (χ2v) is 4.94. The molecule has 1 amide bonds. The van der Waals surface area contributed by atoms with Crippen molar-refractivity contribution in [2.75, 3.05) is 0 Å². The fourth-order valence-electron chi connectivity index (χ4n) is 1.90. The van der Waals surface area contributed by atoms with Gasteiger partial charge in [0, 0.05) is 11.6 Å².